The number of nitrogens with zero attached hydrogens (tertiary/aromatic N) is 1. The number of ether oxygens (including phenoxy) is 2. The van der Waals surface area contributed by atoms with Crippen molar-refractivity contribution in [3.63, 3.8) is 0 Å². The number of rotatable bonds is 3. The lowest BCUT2D eigenvalue weighted by Gasteiger charge is -2.31. The van der Waals surface area contributed by atoms with Crippen LogP contribution in [0, 0.1) is 12.3 Å². The van der Waals surface area contributed by atoms with Crippen LogP contribution in [0.4, 0.5) is 5.69 Å². The van der Waals surface area contributed by atoms with Crippen LogP contribution >= 0.6 is 0 Å². The Bertz CT molecular complexity index is 516. The first-order chi connectivity index (χ1) is 10.3. The van der Waals surface area contributed by atoms with E-state index in [1.165, 1.54) is 0 Å². The zero-order valence-corrected chi connectivity index (χ0v) is 12.3. The van der Waals surface area contributed by atoms with Gasteiger partial charge in [0.15, 0.2) is 11.5 Å². The number of terminal acetylenes is 1. The lowest BCUT2D eigenvalue weighted by Crippen LogP contribution is -2.39. The van der Waals surface area contributed by atoms with Crippen molar-refractivity contribution in [2.24, 2.45) is 0 Å². The van der Waals surface area contributed by atoms with Crippen molar-refractivity contribution in [1.29, 1.82) is 0 Å². The minimum atomic E-state index is 0.503. The fraction of sp³-hybridized carbons (Fsp3) is 0.529. The second-order valence-electron chi connectivity index (χ2n) is 5.61. The first-order valence-corrected chi connectivity index (χ1v) is 7.67. The van der Waals surface area contributed by atoms with E-state index in [0.29, 0.717) is 6.04 Å². The Morgan fingerprint density at radius 2 is 1.95 bits per heavy atom. The van der Waals surface area contributed by atoms with E-state index in [9.17, 15) is 0 Å². The fourth-order valence-electron chi connectivity index (χ4n) is 2.85. The Morgan fingerprint density at radius 1 is 1.19 bits per heavy atom. The second-order valence-corrected chi connectivity index (χ2v) is 5.61. The predicted octanol–water partition coefficient (Wildman–Crippen LogP) is 2.36. The molecule has 2 aliphatic rings. The Hall–Kier alpha value is -1.86. The van der Waals surface area contributed by atoms with Crippen molar-refractivity contribution >= 4 is 5.69 Å². The standard InChI is InChI=1S/C17H22N2O2/c1-2-8-19-9-6-14(7-10-19)18-15-4-5-16-17(13-15)21-12-3-11-20-16/h1,4-5,13-14,18H,3,6-12H2. The molecular formula is C17H22N2O2. The summed E-state index contributed by atoms with van der Waals surface area (Å²) < 4.78 is 11.4. The normalized spacial score (nSPS) is 19.6. The molecule has 1 aromatic rings. The monoisotopic (exact) mass is 286 g/mol. The predicted molar refractivity (Wildman–Crippen MR) is 84.0 cm³/mol. The molecule has 0 bridgehead atoms. The molecule has 2 aliphatic heterocycles. The summed E-state index contributed by atoms with van der Waals surface area (Å²) >= 11 is 0. The third kappa shape index (κ3) is 3.62. The molecule has 3 rings (SSSR count). The molecule has 0 aromatic heterocycles. The molecular weight excluding hydrogens is 264 g/mol. The van der Waals surface area contributed by atoms with E-state index in [1.54, 1.807) is 0 Å². The van der Waals surface area contributed by atoms with E-state index in [2.05, 4.69) is 28.3 Å². The molecule has 2 heterocycles. The Balaban J connectivity index is 1.59. The van der Waals surface area contributed by atoms with Crippen LogP contribution in [0.2, 0.25) is 0 Å². The molecule has 0 unspecified atom stereocenters. The van der Waals surface area contributed by atoms with Gasteiger partial charge in [0.1, 0.15) is 0 Å². The van der Waals surface area contributed by atoms with Gasteiger partial charge >= 0.3 is 0 Å². The lowest BCUT2D eigenvalue weighted by molar-refractivity contribution is 0.243. The first-order valence-electron chi connectivity index (χ1n) is 7.67. The van der Waals surface area contributed by atoms with Crippen molar-refractivity contribution in [3.05, 3.63) is 18.2 Å². The number of benzene rings is 1. The number of anilines is 1. The topological polar surface area (TPSA) is 33.7 Å². The van der Waals surface area contributed by atoms with E-state index >= 15 is 0 Å². The molecule has 1 fully saturated rings. The number of fused-ring (bicyclic) bond motifs is 1. The van der Waals surface area contributed by atoms with Crippen molar-refractivity contribution in [3.8, 4) is 23.8 Å². The number of hydrogen-bond acceptors (Lipinski definition) is 4. The van der Waals surface area contributed by atoms with Crippen molar-refractivity contribution < 1.29 is 9.47 Å². The summed E-state index contributed by atoms with van der Waals surface area (Å²) in [6, 6.07) is 6.62. The molecule has 0 spiro atoms. The highest BCUT2D eigenvalue weighted by atomic mass is 16.5. The zero-order valence-electron chi connectivity index (χ0n) is 12.3. The van der Waals surface area contributed by atoms with Gasteiger partial charge in [-0.25, -0.2) is 0 Å². The summed E-state index contributed by atoms with van der Waals surface area (Å²) in [5.74, 6) is 4.42. The Labute approximate surface area is 126 Å². The minimum Gasteiger partial charge on any atom is -0.490 e. The fourth-order valence-corrected chi connectivity index (χ4v) is 2.85. The van der Waals surface area contributed by atoms with Crippen LogP contribution in [0.5, 0.6) is 11.5 Å². The average Bonchev–Trinajstić information content (AvgIpc) is 2.74. The van der Waals surface area contributed by atoms with Gasteiger partial charge in [0, 0.05) is 37.3 Å². The smallest absolute Gasteiger partial charge is 0.163 e. The second kappa shape index (κ2) is 6.73. The maximum Gasteiger partial charge on any atom is 0.163 e. The number of hydrogen-bond donors (Lipinski definition) is 1. The van der Waals surface area contributed by atoms with Crippen molar-refractivity contribution in [2.75, 3.05) is 38.2 Å². The van der Waals surface area contributed by atoms with Crippen LogP contribution in [0.15, 0.2) is 18.2 Å². The molecule has 0 aliphatic carbocycles. The van der Waals surface area contributed by atoms with Gasteiger partial charge in [-0.2, -0.15) is 0 Å². The van der Waals surface area contributed by atoms with Gasteiger partial charge in [-0.3, -0.25) is 4.90 Å². The summed E-state index contributed by atoms with van der Waals surface area (Å²) in [6.45, 7) is 4.34. The van der Waals surface area contributed by atoms with Crippen molar-refractivity contribution in [1.82, 2.24) is 4.90 Å². The molecule has 21 heavy (non-hydrogen) atoms. The molecule has 112 valence electrons. The number of nitrogens with one attached hydrogen (secondary N) is 1. The summed E-state index contributed by atoms with van der Waals surface area (Å²) in [5.41, 5.74) is 1.11. The molecule has 1 saturated heterocycles. The SMILES string of the molecule is C#CCN1CCC(Nc2ccc3c(c2)OCCCO3)CC1. The average molecular weight is 286 g/mol. The van der Waals surface area contributed by atoms with Gasteiger partial charge in [0.05, 0.1) is 19.8 Å². The Morgan fingerprint density at radius 3 is 2.71 bits per heavy atom. The van der Waals surface area contributed by atoms with E-state index < -0.39 is 0 Å². The molecule has 1 N–H and O–H groups in total. The van der Waals surface area contributed by atoms with Gasteiger partial charge in [-0.15, -0.1) is 6.42 Å². The molecule has 0 atom stereocenters. The summed E-state index contributed by atoms with van der Waals surface area (Å²) in [4.78, 5) is 2.33. The molecule has 4 nitrogen and oxygen atoms in total. The highest BCUT2D eigenvalue weighted by Gasteiger charge is 2.19. The van der Waals surface area contributed by atoms with Crippen molar-refractivity contribution in [2.45, 2.75) is 25.3 Å². The van der Waals surface area contributed by atoms with Gasteiger partial charge < -0.3 is 14.8 Å². The number of likely N-dealkylation sites (tertiary alicyclic amines) is 1. The molecule has 0 radical (unpaired) electrons. The van der Waals surface area contributed by atoms with Crippen LogP contribution < -0.4 is 14.8 Å². The molecule has 4 heteroatoms. The maximum absolute atomic E-state index is 5.73. The van der Waals surface area contributed by atoms with E-state index in [-0.39, 0.29) is 0 Å². The van der Waals surface area contributed by atoms with Gasteiger partial charge in [0.2, 0.25) is 0 Å². The van der Waals surface area contributed by atoms with Gasteiger partial charge in [-0.05, 0) is 25.0 Å². The van der Waals surface area contributed by atoms with Gasteiger partial charge in [-0.1, -0.05) is 5.92 Å². The quantitative estimate of drug-likeness (QED) is 0.865. The maximum atomic E-state index is 5.73. The van der Waals surface area contributed by atoms with E-state index in [0.717, 1.165) is 69.3 Å². The Kier molecular flexibility index (Phi) is 4.52. The number of piperidine rings is 1. The van der Waals surface area contributed by atoms with Crippen LogP contribution in [-0.4, -0.2) is 43.8 Å². The van der Waals surface area contributed by atoms with E-state index in [1.807, 2.05) is 6.07 Å². The first kappa shape index (κ1) is 14.1. The molecule has 0 amide bonds. The lowest BCUT2D eigenvalue weighted by atomic mass is 10.0. The largest absolute Gasteiger partial charge is 0.490 e. The summed E-state index contributed by atoms with van der Waals surface area (Å²) in [6.07, 6.45) is 8.54. The van der Waals surface area contributed by atoms with Gasteiger partial charge in [0.25, 0.3) is 0 Å². The third-order valence-corrected chi connectivity index (χ3v) is 4.02. The molecule has 0 saturated carbocycles. The summed E-state index contributed by atoms with van der Waals surface area (Å²) in [7, 11) is 0. The third-order valence-electron chi connectivity index (χ3n) is 4.02. The van der Waals surface area contributed by atoms with Crippen LogP contribution in [0.25, 0.3) is 0 Å². The van der Waals surface area contributed by atoms with Crippen LogP contribution in [0.3, 0.4) is 0 Å². The highest BCUT2D eigenvalue weighted by Crippen LogP contribution is 2.32. The summed E-state index contributed by atoms with van der Waals surface area (Å²) in [5, 5.41) is 3.60. The highest BCUT2D eigenvalue weighted by molar-refractivity contribution is 5.55. The minimum absolute atomic E-state index is 0.503. The van der Waals surface area contributed by atoms with E-state index in [4.69, 9.17) is 15.9 Å². The van der Waals surface area contributed by atoms with Crippen LogP contribution in [0.1, 0.15) is 19.3 Å². The van der Waals surface area contributed by atoms with Crippen LogP contribution in [-0.2, 0) is 0 Å². The molecule has 1 aromatic carbocycles. The zero-order chi connectivity index (χ0) is 14.5.